The van der Waals surface area contributed by atoms with Crippen LogP contribution in [0.15, 0.2) is 39.4 Å². The summed E-state index contributed by atoms with van der Waals surface area (Å²) in [5.74, 6) is 2.47. The van der Waals surface area contributed by atoms with Gasteiger partial charge in [0.25, 0.3) is 0 Å². The van der Waals surface area contributed by atoms with E-state index in [4.69, 9.17) is 0 Å². The summed E-state index contributed by atoms with van der Waals surface area (Å²) in [4.78, 5) is 11.7. The van der Waals surface area contributed by atoms with Gasteiger partial charge in [-0.2, -0.15) is 0 Å². The highest BCUT2D eigenvalue weighted by atomic mass is 32.3. The largest absolute Gasteiger partial charge is 0.299 e. The van der Waals surface area contributed by atoms with Crippen molar-refractivity contribution in [2.45, 2.75) is 65.2 Å². The van der Waals surface area contributed by atoms with E-state index in [0.29, 0.717) is 0 Å². The van der Waals surface area contributed by atoms with Gasteiger partial charge >= 0.3 is 0 Å². The molecule has 0 radical (unpaired) electrons. The SMILES string of the molecule is CCCCCCSC1=C(SCCCCCC)SC(=C2SC=C(/C=C/C=O)S2)S1. The summed E-state index contributed by atoms with van der Waals surface area (Å²) in [6.45, 7) is 4.54. The van der Waals surface area contributed by atoms with Gasteiger partial charge in [0.15, 0.2) is 0 Å². The maximum atomic E-state index is 10.6. The van der Waals surface area contributed by atoms with Crippen LogP contribution in [-0.2, 0) is 4.79 Å². The highest BCUT2D eigenvalue weighted by Crippen LogP contribution is 2.62. The van der Waals surface area contributed by atoms with Crippen LogP contribution in [0.2, 0.25) is 0 Å². The third-order valence-electron chi connectivity index (χ3n) is 4.00. The second-order valence-electron chi connectivity index (χ2n) is 6.41. The lowest BCUT2D eigenvalue weighted by atomic mass is 10.2. The van der Waals surface area contributed by atoms with E-state index < -0.39 is 0 Å². The Hall–Kier alpha value is 0.730. The van der Waals surface area contributed by atoms with E-state index in [-0.39, 0.29) is 0 Å². The van der Waals surface area contributed by atoms with Gasteiger partial charge in [0.2, 0.25) is 0 Å². The Kier molecular flexibility index (Phi) is 13.9. The molecule has 0 N–H and O–H groups in total. The van der Waals surface area contributed by atoms with Crippen LogP contribution < -0.4 is 0 Å². The van der Waals surface area contributed by atoms with Gasteiger partial charge in [-0.05, 0) is 41.9 Å². The molecule has 0 fully saturated rings. The van der Waals surface area contributed by atoms with E-state index in [1.807, 2.05) is 29.6 Å². The maximum Gasteiger partial charge on any atom is 0.142 e. The second kappa shape index (κ2) is 15.5. The molecular weight excluding hydrogens is 461 g/mol. The highest BCUT2D eigenvalue weighted by Gasteiger charge is 2.27. The Morgan fingerprint density at radius 1 is 0.821 bits per heavy atom. The molecular formula is C21H30OS6. The molecule has 0 aromatic heterocycles. The van der Waals surface area contributed by atoms with Gasteiger partial charge in [-0.3, -0.25) is 4.79 Å². The molecule has 0 spiro atoms. The predicted molar refractivity (Wildman–Crippen MR) is 141 cm³/mol. The van der Waals surface area contributed by atoms with Gasteiger partial charge < -0.3 is 0 Å². The van der Waals surface area contributed by atoms with E-state index in [0.717, 1.165) is 11.2 Å². The monoisotopic (exact) mass is 490 g/mol. The Morgan fingerprint density at radius 3 is 1.96 bits per heavy atom. The number of thioether (sulfide) groups is 6. The van der Waals surface area contributed by atoms with Crippen LogP contribution in [-0.4, -0.2) is 17.8 Å². The molecule has 2 heterocycles. The van der Waals surface area contributed by atoms with Gasteiger partial charge in [-0.25, -0.2) is 0 Å². The molecule has 7 heteroatoms. The predicted octanol–water partition coefficient (Wildman–Crippen LogP) is 9.42. The first-order valence-electron chi connectivity index (χ1n) is 10.0. The molecule has 0 saturated carbocycles. The van der Waals surface area contributed by atoms with Crippen molar-refractivity contribution in [1.82, 2.24) is 0 Å². The summed E-state index contributed by atoms with van der Waals surface area (Å²) in [5.41, 5.74) is 0. The Labute approximate surface area is 196 Å². The molecule has 1 nitrogen and oxygen atoms in total. The number of carbonyl (C=O) groups excluding carboxylic acids is 1. The van der Waals surface area contributed by atoms with Crippen molar-refractivity contribution in [2.75, 3.05) is 11.5 Å². The maximum absolute atomic E-state index is 10.6. The van der Waals surface area contributed by atoms with Gasteiger partial charge in [0, 0.05) is 4.91 Å². The third-order valence-corrected chi connectivity index (χ3v) is 12.6. The van der Waals surface area contributed by atoms with E-state index in [1.165, 1.54) is 79.8 Å². The number of aldehydes is 1. The number of allylic oxidation sites excluding steroid dienone is 2. The fraction of sp³-hybridized carbons (Fsp3) is 0.571. The quantitative estimate of drug-likeness (QED) is 0.135. The number of hydrogen-bond acceptors (Lipinski definition) is 7. The molecule has 2 aliphatic heterocycles. The van der Waals surface area contributed by atoms with Crippen LogP contribution in [0.5, 0.6) is 0 Å². The van der Waals surface area contributed by atoms with Crippen molar-refractivity contribution in [1.29, 1.82) is 0 Å². The minimum absolute atomic E-state index is 0.846. The van der Waals surface area contributed by atoms with E-state index >= 15 is 0 Å². The topological polar surface area (TPSA) is 17.1 Å². The van der Waals surface area contributed by atoms with Crippen LogP contribution >= 0.6 is 70.6 Å². The lowest BCUT2D eigenvalue weighted by molar-refractivity contribution is -0.104. The van der Waals surface area contributed by atoms with Crippen LogP contribution in [0.1, 0.15) is 65.2 Å². The minimum atomic E-state index is 0.846. The number of rotatable bonds is 14. The van der Waals surface area contributed by atoms with Crippen molar-refractivity contribution in [3.8, 4) is 0 Å². The fourth-order valence-electron chi connectivity index (χ4n) is 2.48. The smallest absolute Gasteiger partial charge is 0.142 e. The molecule has 0 saturated heterocycles. The van der Waals surface area contributed by atoms with Crippen molar-refractivity contribution in [2.24, 2.45) is 0 Å². The molecule has 0 atom stereocenters. The molecule has 0 bridgehead atoms. The summed E-state index contributed by atoms with van der Waals surface area (Å²) < 4.78 is 5.82. The second-order valence-corrected chi connectivity index (χ2v) is 13.7. The Morgan fingerprint density at radius 2 is 1.43 bits per heavy atom. The summed E-state index contributed by atoms with van der Waals surface area (Å²) in [6.07, 6.45) is 15.0. The van der Waals surface area contributed by atoms with Gasteiger partial charge in [-0.1, -0.05) is 99.4 Å². The minimum Gasteiger partial charge on any atom is -0.299 e. The van der Waals surface area contributed by atoms with Crippen LogP contribution in [0.25, 0.3) is 0 Å². The normalized spacial score (nSPS) is 17.3. The number of unbranched alkanes of at least 4 members (excludes halogenated alkanes) is 6. The van der Waals surface area contributed by atoms with Crippen molar-refractivity contribution < 1.29 is 4.79 Å². The lowest BCUT2D eigenvalue weighted by Crippen LogP contribution is -1.83. The number of carbonyl (C=O) groups is 1. The Balaban J connectivity index is 1.91. The van der Waals surface area contributed by atoms with Gasteiger partial charge in [0.1, 0.15) is 6.29 Å². The first-order valence-corrected chi connectivity index (χ1v) is 15.3. The highest BCUT2D eigenvalue weighted by molar-refractivity contribution is 8.42. The number of hydrogen-bond donors (Lipinski definition) is 0. The van der Waals surface area contributed by atoms with Gasteiger partial charge in [-0.15, -0.1) is 23.5 Å². The molecule has 0 aliphatic carbocycles. The van der Waals surface area contributed by atoms with Crippen molar-refractivity contribution >= 4 is 76.9 Å². The molecule has 28 heavy (non-hydrogen) atoms. The van der Waals surface area contributed by atoms with Crippen LogP contribution in [0, 0.1) is 0 Å². The molecule has 2 rings (SSSR count). The first-order chi connectivity index (χ1) is 13.8. The van der Waals surface area contributed by atoms with E-state index in [2.05, 4.69) is 42.8 Å². The molecule has 0 unspecified atom stereocenters. The molecule has 0 aromatic rings. The zero-order chi connectivity index (χ0) is 20.0. The average Bonchev–Trinajstić information content (AvgIpc) is 3.33. The molecule has 156 valence electrons. The summed E-state index contributed by atoms with van der Waals surface area (Å²) in [5, 5.41) is 2.15. The van der Waals surface area contributed by atoms with Crippen molar-refractivity contribution in [3.63, 3.8) is 0 Å². The van der Waals surface area contributed by atoms with E-state index in [9.17, 15) is 4.79 Å². The summed E-state index contributed by atoms with van der Waals surface area (Å²) >= 11 is 11.6. The lowest BCUT2D eigenvalue weighted by Gasteiger charge is -2.05. The van der Waals surface area contributed by atoms with Crippen molar-refractivity contribution in [3.05, 3.63) is 39.4 Å². The van der Waals surface area contributed by atoms with Crippen LogP contribution in [0.4, 0.5) is 0 Å². The standard InChI is InChI=1S/C21H30OS6/c1-3-5-7-9-14-23-18-19(24-15-10-8-6-4-2)28-21(27-18)20-25-16-17(26-20)12-11-13-22/h11-13,16H,3-10,14-15H2,1-2H3/b12-11+. The fourth-order valence-corrected chi connectivity index (χ4v) is 11.0. The zero-order valence-corrected chi connectivity index (χ0v) is 21.6. The zero-order valence-electron chi connectivity index (χ0n) is 16.7. The van der Waals surface area contributed by atoms with E-state index in [1.54, 1.807) is 29.6 Å². The molecule has 2 aliphatic rings. The summed E-state index contributed by atoms with van der Waals surface area (Å²) in [6, 6.07) is 0. The average molecular weight is 491 g/mol. The Bertz CT molecular complexity index is 592. The molecule has 0 amide bonds. The third kappa shape index (κ3) is 9.25. The first kappa shape index (κ1) is 25.0. The van der Waals surface area contributed by atoms with Gasteiger partial charge in [0.05, 0.1) is 16.9 Å². The van der Waals surface area contributed by atoms with Crippen LogP contribution in [0.3, 0.4) is 0 Å². The summed E-state index contributed by atoms with van der Waals surface area (Å²) in [7, 11) is 0. The molecule has 0 aromatic carbocycles.